The molecule has 0 radical (unpaired) electrons. The van der Waals surface area contributed by atoms with Crippen LogP contribution in [0.2, 0.25) is 0 Å². The predicted molar refractivity (Wildman–Crippen MR) is 71.5 cm³/mol. The van der Waals surface area contributed by atoms with Crippen LogP contribution in [-0.4, -0.2) is 25.0 Å². The van der Waals surface area contributed by atoms with E-state index < -0.39 is 17.5 Å². The van der Waals surface area contributed by atoms with Gasteiger partial charge in [0.1, 0.15) is 0 Å². The van der Waals surface area contributed by atoms with Crippen LogP contribution in [0.4, 0.5) is 8.78 Å². The number of rotatable bonds is 2. The van der Waals surface area contributed by atoms with Gasteiger partial charge in [0.25, 0.3) is 5.91 Å². The van der Waals surface area contributed by atoms with Gasteiger partial charge in [-0.15, -0.1) is 12.4 Å². The Labute approximate surface area is 117 Å². The molecule has 0 bridgehead atoms. The third-order valence-electron chi connectivity index (χ3n) is 3.34. The second-order valence-electron chi connectivity index (χ2n) is 4.65. The molecule has 2 rings (SSSR count). The lowest BCUT2D eigenvalue weighted by atomic mass is 9.94. The average molecular weight is 291 g/mol. The number of piperidine rings is 1. The van der Waals surface area contributed by atoms with E-state index in [2.05, 4.69) is 10.6 Å². The molecule has 1 saturated heterocycles. The molecular weight excluding hydrogens is 274 g/mol. The number of nitrogens with one attached hydrogen (secondary N) is 2. The van der Waals surface area contributed by atoms with Crippen LogP contribution in [0.25, 0.3) is 0 Å². The van der Waals surface area contributed by atoms with Gasteiger partial charge >= 0.3 is 0 Å². The molecule has 19 heavy (non-hydrogen) atoms. The lowest BCUT2D eigenvalue weighted by Crippen LogP contribution is -2.50. The van der Waals surface area contributed by atoms with Crippen molar-refractivity contribution >= 4 is 18.3 Å². The van der Waals surface area contributed by atoms with Crippen molar-refractivity contribution in [2.24, 2.45) is 5.92 Å². The number of hydrogen-bond acceptors (Lipinski definition) is 2. The molecule has 2 unspecified atom stereocenters. The Kier molecular flexibility index (Phi) is 5.69. The fourth-order valence-electron chi connectivity index (χ4n) is 2.11. The summed E-state index contributed by atoms with van der Waals surface area (Å²) in [5.41, 5.74) is -0.243. The Morgan fingerprint density at radius 1 is 1.42 bits per heavy atom. The van der Waals surface area contributed by atoms with Crippen molar-refractivity contribution in [1.82, 2.24) is 10.6 Å². The highest BCUT2D eigenvalue weighted by Gasteiger charge is 2.24. The third-order valence-corrected chi connectivity index (χ3v) is 3.34. The molecule has 6 heteroatoms. The maximum Gasteiger partial charge on any atom is 0.254 e. The van der Waals surface area contributed by atoms with E-state index in [0.717, 1.165) is 19.0 Å². The van der Waals surface area contributed by atoms with Gasteiger partial charge in [-0.25, -0.2) is 8.78 Å². The van der Waals surface area contributed by atoms with Crippen molar-refractivity contribution in [2.45, 2.75) is 19.4 Å². The lowest BCUT2D eigenvalue weighted by molar-refractivity contribution is 0.0910. The van der Waals surface area contributed by atoms with Crippen molar-refractivity contribution < 1.29 is 13.6 Å². The quantitative estimate of drug-likeness (QED) is 0.876. The van der Waals surface area contributed by atoms with Crippen LogP contribution in [0.1, 0.15) is 23.7 Å². The number of benzene rings is 1. The topological polar surface area (TPSA) is 41.1 Å². The van der Waals surface area contributed by atoms with Crippen LogP contribution in [-0.2, 0) is 0 Å². The summed E-state index contributed by atoms with van der Waals surface area (Å²) in [5.74, 6) is -2.33. The first-order valence-corrected chi connectivity index (χ1v) is 6.05. The van der Waals surface area contributed by atoms with Gasteiger partial charge in [-0.05, 0) is 31.0 Å². The molecule has 1 fully saturated rings. The van der Waals surface area contributed by atoms with Crippen LogP contribution in [0.3, 0.4) is 0 Å². The van der Waals surface area contributed by atoms with Crippen molar-refractivity contribution in [3.8, 4) is 0 Å². The van der Waals surface area contributed by atoms with E-state index in [1.807, 2.05) is 6.92 Å². The SMILES string of the molecule is CC1CCNCC1NC(=O)c1cccc(F)c1F.Cl. The lowest BCUT2D eigenvalue weighted by Gasteiger charge is -2.30. The highest BCUT2D eigenvalue weighted by molar-refractivity contribution is 5.94. The van der Waals surface area contributed by atoms with E-state index in [-0.39, 0.29) is 24.0 Å². The van der Waals surface area contributed by atoms with Crippen LogP contribution in [0.5, 0.6) is 0 Å². The molecule has 1 heterocycles. The first kappa shape index (κ1) is 15.9. The van der Waals surface area contributed by atoms with E-state index in [9.17, 15) is 13.6 Å². The highest BCUT2D eigenvalue weighted by Crippen LogP contribution is 2.14. The van der Waals surface area contributed by atoms with E-state index in [4.69, 9.17) is 0 Å². The van der Waals surface area contributed by atoms with Gasteiger partial charge in [-0.3, -0.25) is 4.79 Å². The standard InChI is InChI=1S/C13H16F2N2O.ClH/c1-8-5-6-16-7-11(8)17-13(18)9-3-2-4-10(14)12(9)15;/h2-4,8,11,16H,5-7H2,1H3,(H,17,18);1H. The normalized spacial score (nSPS) is 22.5. The molecule has 1 amide bonds. The second-order valence-corrected chi connectivity index (χ2v) is 4.65. The van der Waals surface area contributed by atoms with Crippen molar-refractivity contribution in [3.05, 3.63) is 35.4 Å². The maximum atomic E-state index is 13.5. The molecule has 3 nitrogen and oxygen atoms in total. The Balaban J connectivity index is 0.00000180. The number of halogens is 3. The largest absolute Gasteiger partial charge is 0.348 e. The summed E-state index contributed by atoms with van der Waals surface area (Å²) in [7, 11) is 0. The summed E-state index contributed by atoms with van der Waals surface area (Å²) in [6.07, 6.45) is 0.955. The summed E-state index contributed by atoms with van der Waals surface area (Å²) in [5, 5.41) is 5.91. The van der Waals surface area contributed by atoms with E-state index in [0.29, 0.717) is 12.5 Å². The summed E-state index contributed by atoms with van der Waals surface area (Å²) < 4.78 is 26.5. The van der Waals surface area contributed by atoms with Crippen molar-refractivity contribution in [2.75, 3.05) is 13.1 Å². The van der Waals surface area contributed by atoms with Crippen LogP contribution in [0.15, 0.2) is 18.2 Å². The molecule has 0 aromatic heterocycles. The Morgan fingerprint density at radius 3 is 2.84 bits per heavy atom. The van der Waals surface area contributed by atoms with Crippen LogP contribution >= 0.6 is 12.4 Å². The van der Waals surface area contributed by atoms with E-state index >= 15 is 0 Å². The van der Waals surface area contributed by atoms with Gasteiger partial charge in [0.15, 0.2) is 11.6 Å². The molecule has 2 N–H and O–H groups in total. The average Bonchev–Trinajstić information content (AvgIpc) is 2.35. The molecule has 0 saturated carbocycles. The summed E-state index contributed by atoms with van der Waals surface area (Å²) in [4.78, 5) is 11.9. The van der Waals surface area contributed by atoms with E-state index in [1.165, 1.54) is 12.1 Å². The Bertz CT molecular complexity index is 456. The molecule has 0 aliphatic carbocycles. The highest BCUT2D eigenvalue weighted by atomic mass is 35.5. The summed E-state index contributed by atoms with van der Waals surface area (Å²) >= 11 is 0. The maximum absolute atomic E-state index is 13.5. The van der Waals surface area contributed by atoms with Gasteiger partial charge in [0, 0.05) is 12.6 Å². The van der Waals surface area contributed by atoms with Gasteiger partial charge in [0.2, 0.25) is 0 Å². The number of carbonyl (C=O) groups excluding carboxylic acids is 1. The zero-order valence-corrected chi connectivity index (χ0v) is 11.4. The first-order valence-electron chi connectivity index (χ1n) is 6.05. The van der Waals surface area contributed by atoms with Crippen LogP contribution < -0.4 is 10.6 Å². The molecular formula is C13H17ClF2N2O. The van der Waals surface area contributed by atoms with Gasteiger partial charge in [0.05, 0.1) is 5.56 Å². The predicted octanol–water partition coefficient (Wildman–Crippen LogP) is 2.11. The molecule has 1 aromatic carbocycles. The first-order chi connectivity index (χ1) is 8.59. The molecule has 1 aromatic rings. The number of hydrogen-bond donors (Lipinski definition) is 2. The van der Waals surface area contributed by atoms with Crippen LogP contribution in [0, 0.1) is 17.6 Å². The molecule has 1 aliphatic heterocycles. The fourth-order valence-corrected chi connectivity index (χ4v) is 2.11. The Hall–Kier alpha value is -1.20. The zero-order chi connectivity index (χ0) is 13.1. The Morgan fingerprint density at radius 2 is 2.16 bits per heavy atom. The zero-order valence-electron chi connectivity index (χ0n) is 10.6. The second kappa shape index (κ2) is 6.82. The summed E-state index contributed by atoms with van der Waals surface area (Å²) in [6, 6.07) is 3.57. The number of carbonyl (C=O) groups is 1. The molecule has 106 valence electrons. The molecule has 1 aliphatic rings. The molecule has 2 atom stereocenters. The molecule has 0 spiro atoms. The minimum Gasteiger partial charge on any atom is -0.348 e. The minimum atomic E-state index is -1.09. The van der Waals surface area contributed by atoms with Gasteiger partial charge in [-0.2, -0.15) is 0 Å². The fraction of sp³-hybridized carbons (Fsp3) is 0.462. The number of amides is 1. The monoisotopic (exact) mass is 290 g/mol. The van der Waals surface area contributed by atoms with Crippen molar-refractivity contribution in [1.29, 1.82) is 0 Å². The summed E-state index contributed by atoms with van der Waals surface area (Å²) in [6.45, 7) is 3.61. The van der Waals surface area contributed by atoms with E-state index in [1.54, 1.807) is 0 Å². The van der Waals surface area contributed by atoms with Gasteiger partial charge < -0.3 is 10.6 Å². The third kappa shape index (κ3) is 3.64. The smallest absolute Gasteiger partial charge is 0.254 e. The minimum absolute atomic E-state index is 0. The van der Waals surface area contributed by atoms with Crippen molar-refractivity contribution in [3.63, 3.8) is 0 Å². The van der Waals surface area contributed by atoms with Gasteiger partial charge in [-0.1, -0.05) is 13.0 Å².